The van der Waals surface area contributed by atoms with E-state index in [-0.39, 0.29) is 13.0 Å². The Morgan fingerprint density at radius 1 is 1.42 bits per heavy atom. The predicted octanol–water partition coefficient (Wildman–Crippen LogP) is 1.30. The average Bonchev–Trinajstić information content (AvgIpc) is 2.96. The highest BCUT2D eigenvalue weighted by Crippen LogP contribution is 2.20. The summed E-state index contributed by atoms with van der Waals surface area (Å²) >= 11 is 0. The lowest BCUT2D eigenvalue weighted by Gasteiger charge is -2.18. The SMILES string of the molecule is Cc1noc(C)c1CCNC(=O)NC1CCN(CC(F)(F)F)C1=O. The van der Waals surface area contributed by atoms with Crippen molar-refractivity contribution in [1.29, 1.82) is 0 Å². The Kier molecular flexibility index (Phi) is 5.35. The van der Waals surface area contributed by atoms with Crippen molar-refractivity contribution in [3.05, 3.63) is 17.0 Å². The molecule has 3 amide bonds. The molecule has 0 bridgehead atoms. The fourth-order valence-electron chi connectivity index (χ4n) is 2.62. The lowest BCUT2D eigenvalue weighted by atomic mass is 10.1. The summed E-state index contributed by atoms with van der Waals surface area (Å²) in [5, 5.41) is 8.78. The van der Waals surface area contributed by atoms with Crippen LogP contribution in [0.5, 0.6) is 0 Å². The Bertz CT molecular complexity index is 595. The zero-order valence-electron chi connectivity index (χ0n) is 13.4. The molecule has 10 heteroatoms. The van der Waals surface area contributed by atoms with Gasteiger partial charge in [0.1, 0.15) is 18.3 Å². The second-order valence-corrected chi connectivity index (χ2v) is 5.67. The number of carbonyl (C=O) groups is 2. The first-order chi connectivity index (χ1) is 11.2. The van der Waals surface area contributed by atoms with E-state index in [9.17, 15) is 22.8 Å². The first kappa shape index (κ1) is 18.1. The molecule has 134 valence electrons. The van der Waals surface area contributed by atoms with Gasteiger partial charge in [-0.25, -0.2) is 4.79 Å². The van der Waals surface area contributed by atoms with Crippen LogP contribution in [0, 0.1) is 13.8 Å². The molecule has 1 aromatic heterocycles. The Morgan fingerprint density at radius 2 is 2.12 bits per heavy atom. The minimum Gasteiger partial charge on any atom is -0.361 e. The van der Waals surface area contributed by atoms with Crippen LogP contribution in [0.15, 0.2) is 4.52 Å². The summed E-state index contributed by atoms with van der Waals surface area (Å²) in [4.78, 5) is 24.3. The van der Waals surface area contributed by atoms with Gasteiger partial charge in [-0.2, -0.15) is 13.2 Å². The molecule has 1 unspecified atom stereocenters. The number of nitrogens with zero attached hydrogens (tertiary/aromatic N) is 2. The molecule has 1 atom stereocenters. The van der Waals surface area contributed by atoms with Gasteiger partial charge < -0.3 is 20.1 Å². The van der Waals surface area contributed by atoms with Crippen LogP contribution in [-0.4, -0.2) is 53.8 Å². The van der Waals surface area contributed by atoms with Crippen LogP contribution >= 0.6 is 0 Å². The molecule has 1 fully saturated rings. The molecule has 0 aliphatic carbocycles. The predicted molar refractivity (Wildman–Crippen MR) is 77.3 cm³/mol. The van der Waals surface area contributed by atoms with E-state index in [0.29, 0.717) is 23.6 Å². The number of rotatable bonds is 5. The molecular weight excluding hydrogens is 329 g/mol. The Hall–Kier alpha value is -2.26. The van der Waals surface area contributed by atoms with Gasteiger partial charge in [-0.05, 0) is 26.7 Å². The third-order valence-electron chi connectivity index (χ3n) is 3.81. The van der Waals surface area contributed by atoms with Gasteiger partial charge in [0.2, 0.25) is 5.91 Å². The van der Waals surface area contributed by atoms with Gasteiger partial charge in [0.15, 0.2) is 0 Å². The van der Waals surface area contributed by atoms with Gasteiger partial charge in [0.05, 0.1) is 5.69 Å². The molecule has 0 saturated carbocycles. The maximum atomic E-state index is 12.3. The number of amides is 3. The number of urea groups is 1. The number of nitrogens with one attached hydrogen (secondary N) is 2. The van der Waals surface area contributed by atoms with Gasteiger partial charge in [0, 0.05) is 18.7 Å². The van der Waals surface area contributed by atoms with Gasteiger partial charge in [-0.15, -0.1) is 0 Å². The highest BCUT2D eigenvalue weighted by Gasteiger charge is 2.39. The van der Waals surface area contributed by atoms with Crippen molar-refractivity contribution in [1.82, 2.24) is 20.7 Å². The highest BCUT2D eigenvalue weighted by atomic mass is 19.4. The maximum Gasteiger partial charge on any atom is 0.406 e. The summed E-state index contributed by atoms with van der Waals surface area (Å²) in [5.41, 5.74) is 1.63. The summed E-state index contributed by atoms with van der Waals surface area (Å²) in [6, 6.07) is -1.51. The number of halogens is 3. The van der Waals surface area contributed by atoms with E-state index in [0.717, 1.165) is 11.3 Å². The zero-order valence-corrected chi connectivity index (χ0v) is 13.4. The van der Waals surface area contributed by atoms with E-state index < -0.39 is 30.7 Å². The molecule has 1 aliphatic heterocycles. The number of aryl methyl sites for hydroxylation is 2. The summed E-state index contributed by atoms with van der Waals surface area (Å²) in [6.45, 7) is 2.53. The van der Waals surface area contributed by atoms with Crippen LogP contribution in [0.2, 0.25) is 0 Å². The molecule has 0 aromatic carbocycles. The lowest BCUT2D eigenvalue weighted by Crippen LogP contribution is -2.47. The number of aromatic nitrogens is 1. The molecule has 24 heavy (non-hydrogen) atoms. The molecule has 2 rings (SSSR count). The Labute approximate surface area is 136 Å². The van der Waals surface area contributed by atoms with Gasteiger partial charge in [-0.3, -0.25) is 4.79 Å². The Balaban J connectivity index is 1.76. The minimum absolute atomic E-state index is 0.0254. The minimum atomic E-state index is -4.44. The second-order valence-electron chi connectivity index (χ2n) is 5.67. The molecule has 0 spiro atoms. The molecule has 7 nitrogen and oxygen atoms in total. The number of carbonyl (C=O) groups excluding carboxylic acids is 2. The molecule has 1 saturated heterocycles. The fourth-order valence-corrected chi connectivity index (χ4v) is 2.62. The largest absolute Gasteiger partial charge is 0.406 e. The van der Waals surface area contributed by atoms with Crippen LogP contribution < -0.4 is 10.6 Å². The first-order valence-corrected chi connectivity index (χ1v) is 7.49. The van der Waals surface area contributed by atoms with E-state index in [4.69, 9.17) is 4.52 Å². The van der Waals surface area contributed by atoms with Crippen LogP contribution in [0.3, 0.4) is 0 Å². The molecule has 1 aromatic rings. The van der Waals surface area contributed by atoms with Crippen LogP contribution in [0.4, 0.5) is 18.0 Å². The van der Waals surface area contributed by atoms with Crippen molar-refractivity contribution in [2.24, 2.45) is 0 Å². The molecule has 1 aliphatic rings. The van der Waals surface area contributed by atoms with Gasteiger partial charge in [-0.1, -0.05) is 5.16 Å². The number of alkyl halides is 3. The van der Waals surface area contributed by atoms with Crippen molar-refractivity contribution < 1.29 is 27.3 Å². The van der Waals surface area contributed by atoms with Gasteiger partial charge >= 0.3 is 12.2 Å². The van der Waals surface area contributed by atoms with E-state index in [1.807, 2.05) is 0 Å². The topological polar surface area (TPSA) is 87.5 Å². The second kappa shape index (κ2) is 7.10. The van der Waals surface area contributed by atoms with Crippen molar-refractivity contribution in [2.75, 3.05) is 19.6 Å². The normalized spacial score (nSPS) is 18.1. The summed E-state index contributed by atoms with van der Waals surface area (Å²) in [7, 11) is 0. The van der Waals surface area contributed by atoms with E-state index >= 15 is 0 Å². The molecule has 0 radical (unpaired) electrons. The summed E-state index contributed by atoms with van der Waals surface area (Å²) in [5.74, 6) is -0.0448. The van der Waals surface area contributed by atoms with Crippen molar-refractivity contribution in [3.63, 3.8) is 0 Å². The lowest BCUT2D eigenvalue weighted by molar-refractivity contribution is -0.157. The number of hydrogen-bond acceptors (Lipinski definition) is 4. The van der Waals surface area contributed by atoms with Crippen LogP contribution in [0.25, 0.3) is 0 Å². The molecule has 2 N–H and O–H groups in total. The first-order valence-electron chi connectivity index (χ1n) is 7.49. The summed E-state index contributed by atoms with van der Waals surface area (Å²) < 4.78 is 42.0. The third-order valence-corrected chi connectivity index (χ3v) is 3.81. The van der Waals surface area contributed by atoms with Gasteiger partial charge in [0.25, 0.3) is 0 Å². The van der Waals surface area contributed by atoms with Crippen molar-refractivity contribution in [2.45, 2.75) is 38.9 Å². The van der Waals surface area contributed by atoms with Crippen LogP contribution in [0.1, 0.15) is 23.4 Å². The fraction of sp³-hybridized carbons (Fsp3) is 0.643. The summed E-state index contributed by atoms with van der Waals surface area (Å²) in [6.07, 6.45) is -3.78. The quantitative estimate of drug-likeness (QED) is 0.840. The van der Waals surface area contributed by atoms with Crippen molar-refractivity contribution in [3.8, 4) is 0 Å². The van der Waals surface area contributed by atoms with E-state index in [1.54, 1.807) is 13.8 Å². The van der Waals surface area contributed by atoms with Crippen molar-refractivity contribution >= 4 is 11.9 Å². The highest BCUT2D eigenvalue weighted by molar-refractivity contribution is 5.88. The average molecular weight is 348 g/mol. The Morgan fingerprint density at radius 3 is 2.71 bits per heavy atom. The third kappa shape index (κ3) is 4.62. The number of likely N-dealkylation sites (tertiary alicyclic amines) is 1. The maximum absolute atomic E-state index is 12.3. The zero-order chi connectivity index (χ0) is 17.9. The van der Waals surface area contributed by atoms with Crippen LogP contribution in [-0.2, 0) is 11.2 Å². The van der Waals surface area contributed by atoms with E-state index in [1.165, 1.54) is 0 Å². The smallest absolute Gasteiger partial charge is 0.361 e. The van der Waals surface area contributed by atoms with E-state index in [2.05, 4.69) is 15.8 Å². The number of hydrogen-bond donors (Lipinski definition) is 2. The standard InChI is InChI=1S/C14H19F3N4O3/c1-8-10(9(2)24-20-8)3-5-18-13(23)19-11-4-6-21(12(11)22)7-14(15,16)17/h11H,3-7H2,1-2H3,(H2,18,19,23). The monoisotopic (exact) mass is 348 g/mol. The molecule has 2 heterocycles. The molecular formula is C14H19F3N4O3.